The Labute approximate surface area is 111 Å². The molecule has 0 saturated carbocycles. The highest BCUT2D eigenvalue weighted by atomic mass is 16.4. The molecule has 3 N–H and O–H groups in total. The lowest BCUT2D eigenvalue weighted by atomic mass is 10.2. The fourth-order valence-electron chi connectivity index (χ4n) is 1.85. The molecule has 0 unspecified atom stereocenters. The molecule has 2 aromatic rings. The van der Waals surface area contributed by atoms with Crippen LogP contribution in [0, 0.1) is 0 Å². The van der Waals surface area contributed by atoms with Gasteiger partial charge >= 0.3 is 11.9 Å². The van der Waals surface area contributed by atoms with Gasteiger partial charge in [0.2, 0.25) is 0 Å². The number of phenols is 1. The number of benzene rings is 1. The Balaban J connectivity index is 2.95. The Morgan fingerprint density at radius 2 is 1.80 bits per heavy atom. The van der Waals surface area contributed by atoms with Crippen LogP contribution in [0.15, 0.2) is 41.2 Å². The lowest BCUT2D eigenvalue weighted by molar-refractivity contribution is -0.133. The molecular weight excluding hydrogens is 266 g/mol. The highest BCUT2D eigenvalue weighted by Gasteiger charge is 2.18. The molecule has 1 aromatic carbocycles. The second kappa shape index (κ2) is 4.88. The Hall–Kier alpha value is -3.09. The number of rotatable bonds is 3. The summed E-state index contributed by atoms with van der Waals surface area (Å²) in [5, 5.41) is 28.0. The van der Waals surface area contributed by atoms with Gasteiger partial charge in [0.05, 0.1) is 11.6 Å². The number of aliphatic carboxylic acids is 2. The smallest absolute Gasteiger partial charge is 0.353 e. The van der Waals surface area contributed by atoms with Gasteiger partial charge in [0, 0.05) is 11.5 Å². The third-order valence-corrected chi connectivity index (χ3v) is 2.62. The van der Waals surface area contributed by atoms with E-state index in [0.29, 0.717) is 16.0 Å². The van der Waals surface area contributed by atoms with E-state index in [1.807, 2.05) is 0 Å². The average Bonchev–Trinajstić information content (AvgIpc) is 2.37. The maximum Gasteiger partial charge on any atom is 0.353 e. The molecule has 0 aliphatic carbocycles. The van der Waals surface area contributed by atoms with E-state index in [1.165, 1.54) is 18.2 Å². The minimum atomic E-state index is -1.59. The van der Waals surface area contributed by atoms with Gasteiger partial charge in [0.15, 0.2) is 0 Å². The quantitative estimate of drug-likeness (QED) is 0.710. The summed E-state index contributed by atoms with van der Waals surface area (Å²) in [6.07, 6.45) is 0.398. The molecule has 0 radical (unpaired) electrons. The molecule has 2 rings (SSSR count). The van der Waals surface area contributed by atoms with Crippen LogP contribution in [0.2, 0.25) is 0 Å². The van der Waals surface area contributed by atoms with Crippen LogP contribution >= 0.6 is 0 Å². The maximum atomic E-state index is 11.9. The first-order valence-electron chi connectivity index (χ1n) is 5.44. The van der Waals surface area contributed by atoms with E-state index in [2.05, 4.69) is 0 Å². The predicted octanol–water partition coefficient (Wildman–Crippen LogP) is 0.717. The number of hydrogen-bond acceptors (Lipinski definition) is 4. The number of nitrogens with zero attached hydrogens (tertiary/aromatic N) is 1. The molecular formula is C13H9NO6. The standard InChI is InChI=1S/C13H9NO6/c15-9-3-1-2-7-4-5-10(16)14(12(7)9)8(13(19)20)6-11(17)18/h1-6,15H,(H,17,18)(H,19,20)/b8-6+. The van der Waals surface area contributed by atoms with Gasteiger partial charge in [0.1, 0.15) is 11.4 Å². The number of hydrogen-bond donors (Lipinski definition) is 3. The average molecular weight is 275 g/mol. The SMILES string of the molecule is O=C(O)/C=C(\C(=O)O)n1c(=O)ccc2cccc(O)c21. The first kappa shape index (κ1) is 13.3. The van der Waals surface area contributed by atoms with Gasteiger partial charge in [-0.15, -0.1) is 0 Å². The predicted molar refractivity (Wildman–Crippen MR) is 69.4 cm³/mol. The second-order valence-electron chi connectivity index (χ2n) is 3.89. The first-order chi connectivity index (χ1) is 9.41. The number of carbonyl (C=O) groups is 2. The molecule has 0 aliphatic heterocycles. The van der Waals surface area contributed by atoms with Crippen LogP contribution in [0.4, 0.5) is 0 Å². The molecule has 0 bridgehead atoms. The summed E-state index contributed by atoms with van der Waals surface area (Å²) >= 11 is 0. The highest BCUT2D eigenvalue weighted by molar-refractivity contribution is 6.15. The molecule has 1 heterocycles. The van der Waals surface area contributed by atoms with Gasteiger partial charge in [-0.3, -0.25) is 9.36 Å². The number of fused-ring (bicyclic) bond motifs is 1. The van der Waals surface area contributed by atoms with E-state index in [4.69, 9.17) is 10.2 Å². The van der Waals surface area contributed by atoms with Crippen molar-refractivity contribution in [3.8, 4) is 5.75 Å². The largest absolute Gasteiger partial charge is 0.506 e. The molecule has 7 heteroatoms. The normalized spacial score (nSPS) is 11.5. The first-order valence-corrected chi connectivity index (χ1v) is 5.44. The molecule has 0 spiro atoms. The molecule has 0 fully saturated rings. The lowest BCUT2D eigenvalue weighted by Gasteiger charge is -2.11. The van der Waals surface area contributed by atoms with Gasteiger partial charge in [-0.25, -0.2) is 9.59 Å². The Morgan fingerprint density at radius 1 is 1.10 bits per heavy atom. The zero-order valence-electron chi connectivity index (χ0n) is 9.98. The highest BCUT2D eigenvalue weighted by Crippen LogP contribution is 2.24. The Kier molecular flexibility index (Phi) is 3.26. The molecule has 0 saturated heterocycles. The number of aromatic nitrogens is 1. The van der Waals surface area contributed by atoms with Gasteiger partial charge < -0.3 is 15.3 Å². The van der Waals surface area contributed by atoms with E-state index in [-0.39, 0.29) is 11.3 Å². The molecule has 20 heavy (non-hydrogen) atoms. The third-order valence-electron chi connectivity index (χ3n) is 2.62. The van der Waals surface area contributed by atoms with Crippen LogP contribution in [0.3, 0.4) is 0 Å². The molecule has 0 amide bonds. The van der Waals surface area contributed by atoms with Crippen molar-refractivity contribution in [3.05, 3.63) is 46.8 Å². The van der Waals surface area contributed by atoms with E-state index < -0.39 is 23.2 Å². The third kappa shape index (κ3) is 2.24. The number of carboxylic acids is 2. The van der Waals surface area contributed by atoms with Crippen LogP contribution in [0.1, 0.15) is 0 Å². The van der Waals surface area contributed by atoms with E-state index in [1.54, 1.807) is 6.07 Å². The number of phenolic OH excluding ortho intramolecular Hbond substituents is 1. The summed E-state index contributed by atoms with van der Waals surface area (Å²) in [4.78, 5) is 33.7. The van der Waals surface area contributed by atoms with Crippen LogP contribution in [-0.4, -0.2) is 31.8 Å². The summed E-state index contributed by atoms with van der Waals surface area (Å²) in [5.74, 6) is -3.43. The minimum absolute atomic E-state index is 0.0603. The van der Waals surface area contributed by atoms with Crippen LogP contribution in [0.5, 0.6) is 5.75 Å². The van der Waals surface area contributed by atoms with Crippen molar-refractivity contribution in [2.75, 3.05) is 0 Å². The molecule has 102 valence electrons. The topological polar surface area (TPSA) is 117 Å². The second-order valence-corrected chi connectivity index (χ2v) is 3.89. The zero-order chi connectivity index (χ0) is 14.9. The van der Waals surface area contributed by atoms with Crippen LogP contribution < -0.4 is 5.56 Å². The summed E-state index contributed by atoms with van der Waals surface area (Å²) in [6, 6.07) is 6.87. The van der Waals surface area contributed by atoms with E-state index in [9.17, 15) is 19.5 Å². The monoisotopic (exact) mass is 275 g/mol. The van der Waals surface area contributed by atoms with Crippen LogP contribution in [0.25, 0.3) is 16.6 Å². The van der Waals surface area contributed by atoms with Gasteiger partial charge in [-0.2, -0.15) is 0 Å². The van der Waals surface area contributed by atoms with Crippen molar-refractivity contribution >= 4 is 28.5 Å². The minimum Gasteiger partial charge on any atom is -0.506 e. The molecule has 0 aliphatic rings. The van der Waals surface area contributed by atoms with Crippen molar-refractivity contribution in [3.63, 3.8) is 0 Å². The number of para-hydroxylation sites is 1. The van der Waals surface area contributed by atoms with Gasteiger partial charge in [-0.1, -0.05) is 12.1 Å². The Bertz CT molecular complexity index is 802. The van der Waals surface area contributed by atoms with Gasteiger partial charge in [0.25, 0.3) is 5.56 Å². The maximum absolute atomic E-state index is 11.9. The fraction of sp³-hybridized carbons (Fsp3) is 0. The molecule has 0 atom stereocenters. The number of carboxylic acid groups (broad SMARTS) is 2. The summed E-state index contributed by atoms with van der Waals surface area (Å²) in [5.41, 5.74) is -1.57. The summed E-state index contributed by atoms with van der Waals surface area (Å²) in [7, 11) is 0. The van der Waals surface area contributed by atoms with Crippen molar-refractivity contribution in [1.29, 1.82) is 0 Å². The van der Waals surface area contributed by atoms with E-state index in [0.717, 1.165) is 6.07 Å². The lowest BCUT2D eigenvalue weighted by Crippen LogP contribution is -2.23. The fourth-order valence-corrected chi connectivity index (χ4v) is 1.85. The van der Waals surface area contributed by atoms with Crippen LogP contribution in [-0.2, 0) is 9.59 Å². The molecule has 1 aromatic heterocycles. The zero-order valence-corrected chi connectivity index (χ0v) is 9.98. The van der Waals surface area contributed by atoms with Crippen molar-refractivity contribution in [1.82, 2.24) is 4.57 Å². The number of aromatic hydroxyl groups is 1. The van der Waals surface area contributed by atoms with E-state index >= 15 is 0 Å². The van der Waals surface area contributed by atoms with Gasteiger partial charge in [-0.05, 0) is 12.1 Å². The van der Waals surface area contributed by atoms with Crippen molar-refractivity contribution in [2.24, 2.45) is 0 Å². The van der Waals surface area contributed by atoms with Crippen molar-refractivity contribution in [2.45, 2.75) is 0 Å². The number of pyridine rings is 1. The Morgan fingerprint density at radius 3 is 2.40 bits per heavy atom. The summed E-state index contributed by atoms with van der Waals surface area (Å²) in [6.45, 7) is 0. The van der Waals surface area contributed by atoms with Crippen molar-refractivity contribution < 1.29 is 24.9 Å². The molecule has 7 nitrogen and oxygen atoms in total. The summed E-state index contributed by atoms with van der Waals surface area (Å²) < 4.78 is 0.654.